The van der Waals surface area contributed by atoms with E-state index in [-0.39, 0.29) is 5.91 Å². The molecule has 0 bridgehead atoms. The van der Waals surface area contributed by atoms with E-state index in [1.54, 1.807) is 6.08 Å². The number of carbonyl (C=O) groups excluding carboxylic acids is 1. The van der Waals surface area contributed by atoms with Gasteiger partial charge in [-0.05, 0) is 12.5 Å². The summed E-state index contributed by atoms with van der Waals surface area (Å²) in [7, 11) is 0. The molecule has 3 heteroatoms. The lowest BCUT2D eigenvalue weighted by atomic mass is 10.2. The first-order valence-electron chi connectivity index (χ1n) is 4.16. The second-order valence-corrected chi connectivity index (χ2v) is 2.83. The van der Waals surface area contributed by atoms with E-state index in [2.05, 4.69) is 11.8 Å². The minimum absolute atomic E-state index is 0.345. The molecule has 0 aromatic rings. The number of carbonyl (C=O) groups is 1. The molecule has 1 aliphatic rings. The lowest BCUT2D eigenvalue weighted by Gasteiger charge is -2.20. The minimum Gasteiger partial charge on any atom is -0.374 e. The van der Waals surface area contributed by atoms with Crippen molar-refractivity contribution in [3.63, 3.8) is 0 Å². The molecule has 0 spiro atoms. The Labute approximate surface area is 72.5 Å². The number of hydrogen-bond donors (Lipinski definition) is 1. The summed E-state index contributed by atoms with van der Waals surface area (Å²) in [6.07, 6.45) is 6.66. The molecule has 0 aliphatic carbocycles. The fourth-order valence-electron chi connectivity index (χ4n) is 1.17. The summed E-state index contributed by atoms with van der Waals surface area (Å²) in [6, 6.07) is 0. The average Bonchev–Trinajstić information content (AvgIpc) is 2.06. The van der Waals surface area contributed by atoms with Crippen LogP contribution in [0.2, 0.25) is 0 Å². The van der Waals surface area contributed by atoms with Gasteiger partial charge < -0.3 is 10.6 Å². The van der Waals surface area contributed by atoms with Crippen LogP contribution < -0.4 is 5.73 Å². The van der Waals surface area contributed by atoms with Crippen LogP contribution in [0.5, 0.6) is 0 Å². The van der Waals surface area contributed by atoms with Crippen LogP contribution >= 0.6 is 0 Å². The Kier molecular flexibility index (Phi) is 2.91. The van der Waals surface area contributed by atoms with Gasteiger partial charge in [-0.15, -0.1) is 0 Å². The summed E-state index contributed by atoms with van der Waals surface area (Å²) in [5.74, 6) is -0.345. The molecule has 0 aromatic heterocycles. The van der Waals surface area contributed by atoms with Crippen molar-refractivity contribution in [2.24, 2.45) is 5.73 Å². The van der Waals surface area contributed by atoms with Crippen LogP contribution in [-0.4, -0.2) is 23.9 Å². The quantitative estimate of drug-likeness (QED) is 0.668. The van der Waals surface area contributed by atoms with Crippen molar-refractivity contribution in [3.8, 4) is 0 Å². The molecular formula is C9H14N2O. The molecule has 12 heavy (non-hydrogen) atoms. The van der Waals surface area contributed by atoms with Gasteiger partial charge in [0.05, 0.1) is 0 Å². The van der Waals surface area contributed by atoms with E-state index in [9.17, 15) is 4.79 Å². The lowest BCUT2D eigenvalue weighted by Crippen LogP contribution is -2.24. The maximum absolute atomic E-state index is 10.7. The molecule has 66 valence electrons. The second kappa shape index (κ2) is 3.95. The maximum Gasteiger partial charge on any atom is 0.248 e. The van der Waals surface area contributed by atoms with Crippen molar-refractivity contribution in [3.05, 3.63) is 23.9 Å². The molecule has 1 heterocycles. The zero-order valence-corrected chi connectivity index (χ0v) is 7.29. The third-order valence-corrected chi connectivity index (χ3v) is 1.81. The summed E-state index contributed by atoms with van der Waals surface area (Å²) in [5, 5.41) is 0. The average molecular weight is 166 g/mol. The molecule has 0 atom stereocenters. The Morgan fingerprint density at radius 1 is 1.75 bits per heavy atom. The topological polar surface area (TPSA) is 46.3 Å². The molecular weight excluding hydrogens is 152 g/mol. The summed E-state index contributed by atoms with van der Waals surface area (Å²) < 4.78 is 0. The molecule has 0 unspecified atom stereocenters. The highest BCUT2D eigenvalue weighted by molar-refractivity contribution is 5.94. The van der Waals surface area contributed by atoms with Crippen LogP contribution in [0.15, 0.2) is 23.9 Å². The van der Waals surface area contributed by atoms with Gasteiger partial charge >= 0.3 is 0 Å². The maximum atomic E-state index is 10.7. The van der Waals surface area contributed by atoms with Crippen LogP contribution in [0.3, 0.4) is 0 Å². The van der Waals surface area contributed by atoms with E-state index >= 15 is 0 Å². The Morgan fingerprint density at radius 3 is 2.92 bits per heavy atom. The molecule has 0 aromatic carbocycles. The highest BCUT2D eigenvalue weighted by Gasteiger charge is 2.06. The Hall–Kier alpha value is -1.25. The summed E-state index contributed by atoms with van der Waals surface area (Å²) in [6.45, 7) is 3.95. The molecule has 2 N–H and O–H groups in total. The number of rotatable bonds is 3. The Bertz CT molecular complexity index is 231. The smallest absolute Gasteiger partial charge is 0.248 e. The molecule has 0 fully saturated rings. The van der Waals surface area contributed by atoms with Crippen molar-refractivity contribution in [1.82, 2.24) is 4.90 Å². The third kappa shape index (κ3) is 2.12. The number of amides is 1. The van der Waals surface area contributed by atoms with Gasteiger partial charge in [0.1, 0.15) is 0 Å². The van der Waals surface area contributed by atoms with E-state index in [0.717, 1.165) is 19.5 Å². The normalized spacial score (nSPS) is 16.1. The van der Waals surface area contributed by atoms with Gasteiger partial charge in [0, 0.05) is 24.9 Å². The summed E-state index contributed by atoms with van der Waals surface area (Å²) in [5.41, 5.74) is 5.72. The zero-order chi connectivity index (χ0) is 8.97. The van der Waals surface area contributed by atoms with Crippen LogP contribution in [0.4, 0.5) is 0 Å². The van der Waals surface area contributed by atoms with E-state index < -0.39 is 0 Å². The highest BCUT2D eigenvalue weighted by atomic mass is 16.1. The Balaban J connectivity index is 2.49. The first-order valence-corrected chi connectivity index (χ1v) is 4.16. The first kappa shape index (κ1) is 8.84. The predicted molar refractivity (Wildman–Crippen MR) is 48.3 cm³/mol. The SMILES string of the molecule is CCCN1C=CC(C(N)=O)=CC1. The van der Waals surface area contributed by atoms with Crippen LogP contribution in [0.1, 0.15) is 13.3 Å². The van der Waals surface area contributed by atoms with Crippen LogP contribution in [0.25, 0.3) is 0 Å². The number of hydrogen-bond acceptors (Lipinski definition) is 2. The van der Waals surface area contributed by atoms with Crippen molar-refractivity contribution < 1.29 is 4.79 Å². The van der Waals surface area contributed by atoms with Crippen molar-refractivity contribution in [1.29, 1.82) is 0 Å². The molecule has 1 aliphatic heterocycles. The third-order valence-electron chi connectivity index (χ3n) is 1.81. The van der Waals surface area contributed by atoms with Gasteiger partial charge in [-0.2, -0.15) is 0 Å². The van der Waals surface area contributed by atoms with Gasteiger partial charge in [0.2, 0.25) is 5.91 Å². The highest BCUT2D eigenvalue weighted by Crippen LogP contribution is 2.06. The monoisotopic (exact) mass is 166 g/mol. The molecule has 1 amide bonds. The molecule has 0 radical (unpaired) electrons. The van der Waals surface area contributed by atoms with E-state index in [1.165, 1.54) is 0 Å². The first-order chi connectivity index (χ1) is 5.74. The van der Waals surface area contributed by atoms with E-state index in [1.807, 2.05) is 12.3 Å². The fraction of sp³-hybridized carbons (Fsp3) is 0.444. The van der Waals surface area contributed by atoms with Crippen LogP contribution in [0, 0.1) is 0 Å². The number of primary amides is 1. The summed E-state index contributed by atoms with van der Waals surface area (Å²) in [4.78, 5) is 12.8. The van der Waals surface area contributed by atoms with E-state index in [0.29, 0.717) is 5.57 Å². The van der Waals surface area contributed by atoms with Gasteiger partial charge in [0.25, 0.3) is 0 Å². The number of nitrogens with zero attached hydrogens (tertiary/aromatic N) is 1. The number of nitrogens with two attached hydrogens (primary N) is 1. The predicted octanol–water partition coefficient (Wildman–Crippen LogP) is 0.637. The fourth-order valence-corrected chi connectivity index (χ4v) is 1.17. The van der Waals surface area contributed by atoms with Crippen molar-refractivity contribution >= 4 is 5.91 Å². The largest absolute Gasteiger partial charge is 0.374 e. The van der Waals surface area contributed by atoms with Crippen LogP contribution in [-0.2, 0) is 4.79 Å². The zero-order valence-electron chi connectivity index (χ0n) is 7.29. The summed E-state index contributed by atoms with van der Waals surface area (Å²) >= 11 is 0. The second-order valence-electron chi connectivity index (χ2n) is 2.83. The van der Waals surface area contributed by atoms with Crippen molar-refractivity contribution in [2.75, 3.05) is 13.1 Å². The van der Waals surface area contributed by atoms with Crippen molar-refractivity contribution in [2.45, 2.75) is 13.3 Å². The molecule has 1 rings (SSSR count). The van der Waals surface area contributed by atoms with Gasteiger partial charge in [-0.25, -0.2) is 0 Å². The van der Waals surface area contributed by atoms with Gasteiger partial charge in [-0.1, -0.05) is 13.0 Å². The minimum atomic E-state index is -0.345. The van der Waals surface area contributed by atoms with Gasteiger partial charge in [0.15, 0.2) is 0 Å². The molecule has 3 nitrogen and oxygen atoms in total. The van der Waals surface area contributed by atoms with E-state index in [4.69, 9.17) is 5.73 Å². The molecule has 0 saturated heterocycles. The Morgan fingerprint density at radius 2 is 2.50 bits per heavy atom. The van der Waals surface area contributed by atoms with Gasteiger partial charge in [-0.3, -0.25) is 4.79 Å². The standard InChI is InChI=1S/C9H14N2O/c1-2-5-11-6-3-8(4-7-11)9(10)12/h3-4,6H,2,5,7H2,1H3,(H2,10,12). The molecule has 0 saturated carbocycles. The lowest BCUT2D eigenvalue weighted by molar-refractivity contribution is -0.114.